The molecule has 2 amide bonds. The first kappa shape index (κ1) is 16.4. The monoisotopic (exact) mass is 331 g/mol. The molecule has 3 rings (SSSR count). The van der Waals surface area contributed by atoms with Crippen LogP contribution in [-0.4, -0.2) is 20.8 Å². The minimum absolute atomic E-state index is 0.266. The number of carbonyl (C=O) groups excluding carboxylic acids is 1. The SMILES string of the molecule is Cn1ncnc1CNC(=O)N[C@@H](c1ccccc1F)C1CCCC1. The first-order valence-corrected chi connectivity index (χ1v) is 8.27. The van der Waals surface area contributed by atoms with Crippen molar-refractivity contribution in [2.24, 2.45) is 13.0 Å². The van der Waals surface area contributed by atoms with Crippen molar-refractivity contribution in [3.63, 3.8) is 0 Å². The fraction of sp³-hybridized carbons (Fsp3) is 0.471. The second kappa shape index (κ2) is 7.42. The Hall–Kier alpha value is -2.44. The number of nitrogens with one attached hydrogen (secondary N) is 2. The predicted molar refractivity (Wildman–Crippen MR) is 87.5 cm³/mol. The van der Waals surface area contributed by atoms with Crippen molar-refractivity contribution in [2.45, 2.75) is 38.3 Å². The third kappa shape index (κ3) is 3.72. The largest absolute Gasteiger partial charge is 0.331 e. The molecule has 0 spiro atoms. The molecule has 7 heteroatoms. The van der Waals surface area contributed by atoms with Crippen molar-refractivity contribution in [2.75, 3.05) is 0 Å². The number of rotatable bonds is 5. The predicted octanol–water partition coefficient (Wildman–Crippen LogP) is 2.68. The standard InChI is InChI=1S/C17H22FN5O/c1-23-15(20-11-21-23)10-19-17(24)22-16(12-6-2-3-7-12)13-8-4-5-9-14(13)18/h4-5,8-9,11-12,16H,2-3,6-7,10H2,1H3,(H2,19,22,24)/t16-/m1/s1. The van der Waals surface area contributed by atoms with E-state index in [1.54, 1.807) is 29.9 Å². The van der Waals surface area contributed by atoms with Crippen molar-refractivity contribution in [1.29, 1.82) is 0 Å². The molecule has 1 aliphatic carbocycles. The lowest BCUT2D eigenvalue weighted by atomic mass is 9.91. The average Bonchev–Trinajstić information content (AvgIpc) is 3.23. The molecule has 6 nitrogen and oxygen atoms in total. The number of amides is 2. The van der Waals surface area contributed by atoms with Crippen LogP contribution in [0.15, 0.2) is 30.6 Å². The second-order valence-corrected chi connectivity index (χ2v) is 6.17. The van der Waals surface area contributed by atoms with E-state index in [2.05, 4.69) is 20.7 Å². The molecule has 0 aliphatic heterocycles. The van der Waals surface area contributed by atoms with Gasteiger partial charge in [0.15, 0.2) is 0 Å². The van der Waals surface area contributed by atoms with Crippen molar-refractivity contribution in [1.82, 2.24) is 25.4 Å². The molecule has 0 bridgehead atoms. The fourth-order valence-electron chi connectivity index (χ4n) is 3.30. The highest BCUT2D eigenvalue weighted by atomic mass is 19.1. The van der Waals surface area contributed by atoms with Crippen LogP contribution in [0, 0.1) is 11.7 Å². The molecular weight excluding hydrogens is 309 g/mol. The van der Waals surface area contributed by atoms with Crippen molar-refractivity contribution in [3.8, 4) is 0 Å². The third-order valence-electron chi connectivity index (χ3n) is 4.61. The van der Waals surface area contributed by atoms with Gasteiger partial charge < -0.3 is 10.6 Å². The molecule has 0 saturated heterocycles. The molecule has 0 unspecified atom stereocenters. The molecule has 0 radical (unpaired) electrons. The van der Waals surface area contributed by atoms with Crippen molar-refractivity contribution < 1.29 is 9.18 Å². The van der Waals surface area contributed by atoms with E-state index in [1.807, 2.05) is 0 Å². The summed E-state index contributed by atoms with van der Waals surface area (Å²) >= 11 is 0. The van der Waals surface area contributed by atoms with Crippen LogP contribution in [0.25, 0.3) is 0 Å². The van der Waals surface area contributed by atoms with Crippen LogP contribution >= 0.6 is 0 Å². The van der Waals surface area contributed by atoms with Gasteiger partial charge in [0.25, 0.3) is 0 Å². The number of benzene rings is 1. The van der Waals surface area contributed by atoms with Gasteiger partial charge in [0.1, 0.15) is 18.0 Å². The normalized spacial score (nSPS) is 16.1. The Bertz CT molecular complexity index is 696. The Morgan fingerprint density at radius 3 is 2.79 bits per heavy atom. The van der Waals surface area contributed by atoms with Gasteiger partial charge in [-0.25, -0.2) is 14.2 Å². The maximum atomic E-state index is 14.2. The molecule has 1 aromatic heterocycles. The first-order chi connectivity index (χ1) is 11.6. The molecule has 2 N–H and O–H groups in total. The molecular formula is C17H22FN5O. The Morgan fingerprint density at radius 2 is 2.12 bits per heavy atom. The summed E-state index contributed by atoms with van der Waals surface area (Å²) in [5, 5.41) is 9.69. The van der Waals surface area contributed by atoms with E-state index in [0.29, 0.717) is 11.4 Å². The van der Waals surface area contributed by atoms with Gasteiger partial charge in [0.2, 0.25) is 0 Å². The van der Waals surface area contributed by atoms with Gasteiger partial charge in [-0.3, -0.25) is 4.68 Å². The van der Waals surface area contributed by atoms with E-state index in [0.717, 1.165) is 25.7 Å². The Balaban J connectivity index is 1.68. The quantitative estimate of drug-likeness (QED) is 0.885. The summed E-state index contributed by atoms with van der Waals surface area (Å²) in [7, 11) is 1.77. The van der Waals surface area contributed by atoms with Gasteiger partial charge in [-0.1, -0.05) is 31.0 Å². The molecule has 1 saturated carbocycles. The zero-order valence-corrected chi connectivity index (χ0v) is 13.7. The highest BCUT2D eigenvalue weighted by Crippen LogP contribution is 2.36. The van der Waals surface area contributed by atoms with Crippen LogP contribution in [0.3, 0.4) is 0 Å². The van der Waals surface area contributed by atoms with Crippen LogP contribution in [-0.2, 0) is 13.6 Å². The van der Waals surface area contributed by atoms with E-state index in [-0.39, 0.29) is 30.4 Å². The summed E-state index contributed by atoms with van der Waals surface area (Å²) in [5.41, 5.74) is 0.554. The lowest BCUT2D eigenvalue weighted by Crippen LogP contribution is -2.40. The van der Waals surface area contributed by atoms with E-state index in [9.17, 15) is 9.18 Å². The number of carbonyl (C=O) groups is 1. The van der Waals surface area contributed by atoms with Crippen molar-refractivity contribution >= 4 is 6.03 Å². The Kier molecular flexibility index (Phi) is 5.08. The third-order valence-corrected chi connectivity index (χ3v) is 4.61. The highest BCUT2D eigenvalue weighted by molar-refractivity contribution is 5.74. The van der Waals surface area contributed by atoms with Crippen LogP contribution in [0.1, 0.15) is 43.1 Å². The Labute approximate surface area is 140 Å². The van der Waals surface area contributed by atoms with Crippen LogP contribution in [0.5, 0.6) is 0 Å². The number of hydrogen-bond acceptors (Lipinski definition) is 3. The van der Waals surface area contributed by atoms with Crippen LogP contribution < -0.4 is 10.6 Å². The molecule has 128 valence electrons. The summed E-state index contributed by atoms with van der Waals surface area (Å²) < 4.78 is 15.8. The summed E-state index contributed by atoms with van der Waals surface area (Å²) in [4.78, 5) is 16.4. The van der Waals surface area contributed by atoms with Gasteiger partial charge in [0, 0.05) is 12.6 Å². The highest BCUT2D eigenvalue weighted by Gasteiger charge is 2.29. The molecule has 2 aromatic rings. The summed E-state index contributed by atoms with van der Waals surface area (Å²) in [6.45, 7) is 0.275. The molecule has 24 heavy (non-hydrogen) atoms. The molecule has 1 atom stereocenters. The van der Waals surface area contributed by atoms with E-state index in [4.69, 9.17) is 0 Å². The lowest BCUT2D eigenvalue weighted by molar-refractivity contribution is 0.229. The molecule has 1 heterocycles. The summed E-state index contributed by atoms with van der Waals surface area (Å²) in [6.07, 6.45) is 5.69. The van der Waals surface area contributed by atoms with Crippen molar-refractivity contribution in [3.05, 3.63) is 47.8 Å². The van der Waals surface area contributed by atoms with E-state index < -0.39 is 0 Å². The van der Waals surface area contributed by atoms with Crippen LogP contribution in [0.4, 0.5) is 9.18 Å². The minimum atomic E-state index is -0.321. The number of urea groups is 1. The maximum Gasteiger partial charge on any atom is 0.315 e. The minimum Gasteiger partial charge on any atom is -0.331 e. The number of hydrogen-bond donors (Lipinski definition) is 2. The van der Waals surface area contributed by atoms with Gasteiger partial charge >= 0.3 is 6.03 Å². The van der Waals surface area contributed by atoms with E-state index in [1.165, 1.54) is 12.4 Å². The maximum absolute atomic E-state index is 14.2. The average molecular weight is 331 g/mol. The summed E-state index contributed by atoms with van der Waals surface area (Å²) in [5.74, 6) is 0.652. The summed E-state index contributed by atoms with van der Waals surface area (Å²) in [6, 6.07) is 6.03. The second-order valence-electron chi connectivity index (χ2n) is 6.17. The molecule has 1 aromatic carbocycles. The van der Waals surface area contributed by atoms with Crippen LogP contribution in [0.2, 0.25) is 0 Å². The topological polar surface area (TPSA) is 71.8 Å². The zero-order chi connectivity index (χ0) is 16.9. The Morgan fingerprint density at radius 1 is 1.38 bits per heavy atom. The van der Waals surface area contributed by atoms with E-state index >= 15 is 0 Å². The molecule has 1 aliphatic rings. The van der Waals surface area contributed by atoms with Gasteiger partial charge in [-0.15, -0.1) is 0 Å². The van der Waals surface area contributed by atoms with Gasteiger partial charge in [-0.2, -0.15) is 5.10 Å². The van der Waals surface area contributed by atoms with Gasteiger partial charge in [0.05, 0.1) is 12.6 Å². The molecule has 1 fully saturated rings. The lowest BCUT2D eigenvalue weighted by Gasteiger charge is -2.25. The number of aryl methyl sites for hydroxylation is 1. The smallest absolute Gasteiger partial charge is 0.315 e. The number of halogens is 1. The number of aromatic nitrogens is 3. The zero-order valence-electron chi connectivity index (χ0n) is 13.7. The first-order valence-electron chi connectivity index (χ1n) is 8.27. The number of nitrogens with zero attached hydrogens (tertiary/aromatic N) is 3. The fourth-order valence-corrected chi connectivity index (χ4v) is 3.30. The van der Waals surface area contributed by atoms with Gasteiger partial charge in [-0.05, 0) is 24.8 Å².